The molecule has 3 N–H and O–H groups in total. The fourth-order valence-electron chi connectivity index (χ4n) is 4.93. The number of piperidine rings is 1. The van der Waals surface area contributed by atoms with Gasteiger partial charge in [-0.2, -0.15) is 0 Å². The number of aryl methyl sites for hydroxylation is 3. The van der Waals surface area contributed by atoms with Gasteiger partial charge in [-0.05, 0) is 82.8 Å². The molecule has 2 aromatic heterocycles. The molecule has 0 radical (unpaired) electrons. The van der Waals surface area contributed by atoms with Crippen LogP contribution in [0.15, 0.2) is 59.6 Å². The maximum Gasteiger partial charge on any atom is 0.325 e. The van der Waals surface area contributed by atoms with Crippen LogP contribution < -0.4 is 15.4 Å². The van der Waals surface area contributed by atoms with E-state index in [1.807, 2.05) is 45.0 Å². The Morgan fingerprint density at radius 3 is 2.49 bits per heavy atom. The van der Waals surface area contributed by atoms with E-state index in [2.05, 4.69) is 55.2 Å². The molecule has 0 atom stereocenters. The minimum absolute atomic E-state index is 0.182. The number of carbonyl (C=O) groups excluding carboxylic acids is 1. The van der Waals surface area contributed by atoms with Crippen molar-refractivity contribution >= 4 is 23.6 Å². The zero-order chi connectivity index (χ0) is 25.8. The standard InChI is InChI=1S/C29H34N6OS/c1-19-4-10-25(11-5-19)37-34-29(36)31-17-12-22-6-8-24(9-7-22)27-26(23-13-15-30-16-14-23)33-28-21(3)32-20(2)18-35(27)28/h4-11,18,23,30H,12-17H2,1-3H3,(H2,31,34,36). The number of amides is 2. The number of fused-ring (bicyclic) bond motifs is 1. The second kappa shape index (κ2) is 11.4. The van der Waals surface area contributed by atoms with Crippen molar-refractivity contribution in [2.75, 3.05) is 19.6 Å². The average Bonchev–Trinajstić information content (AvgIpc) is 3.29. The van der Waals surface area contributed by atoms with E-state index in [0.29, 0.717) is 12.5 Å². The second-order valence-corrected chi connectivity index (χ2v) is 10.6. The molecule has 192 valence electrons. The highest BCUT2D eigenvalue weighted by Gasteiger charge is 2.25. The highest BCUT2D eigenvalue weighted by molar-refractivity contribution is 7.98. The van der Waals surface area contributed by atoms with Crippen molar-refractivity contribution in [3.63, 3.8) is 0 Å². The zero-order valence-electron chi connectivity index (χ0n) is 21.7. The van der Waals surface area contributed by atoms with Crippen molar-refractivity contribution in [2.45, 2.75) is 50.8 Å². The predicted molar refractivity (Wildman–Crippen MR) is 150 cm³/mol. The van der Waals surface area contributed by atoms with Gasteiger partial charge in [0.15, 0.2) is 5.65 Å². The molecule has 2 amide bonds. The van der Waals surface area contributed by atoms with Gasteiger partial charge in [-0.25, -0.2) is 9.78 Å². The van der Waals surface area contributed by atoms with Crippen LogP contribution >= 0.6 is 11.9 Å². The van der Waals surface area contributed by atoms with E-state index in [1.165, 1.54) is 34.5 Å². The third kappa shape index (κ3) is 5.97. The lowest BCUT2D eigenvalue weighted by atomic mass is 9.91. The van der Waals surface area contributed by atoms with Crippen molar-refractivity contribution in [2.24, 2.45) is 0 Å². The summed E-state index contributed by atoms with van der Waals surface area (Å²) in [6.07, 6.45) is 5.05. The summed E-state index contributed by atoms with van der Waals surface area (Å²) in [5, 5.41) is 6.41. The van der Waals surface area contributed by atoms with Crippen LogP contribution in [0.4, 0.5) is 4.79 Å². The van der Waals surface area contributed by atoms with Crippen LogP contribution in [0.25, 0.3) is 16.9 Å². The van der Waals surface area contributed by atoms with Crippen molar-refractivity contribution in [1.82, 2.24) is 29.7 Å². The summed E-state index contributed by atoms with van der Waals surface area (Å²) in [5.74, 6) is 0.441. The fraction of sp³-hybridized carbons (Fsp3) is 0.345. The minimum atomic E-state index is -0.182. The molecule has 1 fully saturated rings. The first-order valence-electron chi connectivity index (χ1n) is 12.9. The largest absolute Gasteiger partial charge is 0.337 e. The molecule has 0 saturated carbocycles. The maximum atomic E-state index is 12.2. The number of nitrogens with zero attached hydrogens (tertiary/aromatic N) is 3. The number of rotatable bonds is 7. The normalized spacial score (nSPS) is 14.1. The monoisotopic (exact) mass is 514 g/mol. The maximum absolute atomic E-state index is 12.2. The SMILES string of the molecule is Cc1ccc(SNC(=O)NCCc2ccc(-c3c(C4CCNCC4)nc4c(C)nc(C)cn34)cc2)cc1. The lowest BCUT2D eigenvalue weighted by Gasteiger charge is -2.22. The van der Waals surface area contributed by atoms with Gasteiger partial charge in [-0.15, -0.1) is 0 Å². The van der Waals surface area contributed by atoms with Gasteiger partial charge in [0.05, 0.1) is 22.8 Å². The van der Waals surface area contributed by atoms with Crippen molar-refractivity contribution in [1.29, 1.82) is 0 Å². The van der Waals surface area contributed by atoms with Gasteiger partial charge in [0.2, 0.25) is 0 Å². The molecule has 3 heterocycles. The Morgan fingerprint density at radius 2 is 1.76 bits per heavy atom. The van der Waals surface area contributed by atoms with Crippen LogP contribution in [0.5, 0.6) is 0 Å². The molecular weight excluding hydrogens is 480 g/mol. The number of hydrogen-bond acceptors (Lipinski definition) is 5. The first-order valence-corrected chi connectivity index (χ1v) is 13.7. The van der Waals surface area contributed by atoms with E-state index < -0.39 is 0 Å². The zero-order valence-corrected chi connectivity index (χ0v) is 22.5. The molecule has 4 aromatic rings. The summed E-state index contributed by atoms with van der Waals surface area (Å²) in [7, 11) is 0. The number of urea groups is 1. The first-order chi connectivity index (χ1) is 18.0. The molecule has 8 heteroatoms. The Morgan fingerprint density at radius 1 is 1.03 bits per heavy atom. The Bertz CT molecular complexity index is 1370. The van der Waals surface area contributed by atoms with Crippen molar-refractivity contribution < 1.29 is 4.79 Å². The van der Waals surface area contributed by atoms with Crippen LogP contribution in [0.3, 0.4) is 0 Å². The van der Waals surface area contributed by atoms with Gasteiger partial charge in [0.1, 0.15) is 0 Å². The third-order valence-corrected chi connectivity index (χ3v) is 7.65. The molecule has 5 rings (SSSR count). The first kappa shape index (κ1) is 25.3. The van der Waals surface area contributed by atoms with Crippen LogP contribution in [-0.2, 0) is 6.42 Å². The molecule has 1 saturated heterocycles. The minimum Gasteiger partial charge on any atom is -0.337 e. The van der Waals surface area contributed by atoms with E-state index in [-0.39, 0.29) is 6.03 Å². The lowest BCUT2D eigenvalue weighted by molar-refractivity contribution is 0.246. The van der Waals surface area contributed by atoms with E-state index >= 15 is 0 Å². The summed E-state index contributed by atoms with van der Waals surface area (Å²) in [4.78, 5) is 23.0. The van der Waals surface area contributed by atoms with E-state index in [9.17, 15) is 4.79 Å². The highest BCUT2D eigenvalue weighted by atomic mass is 32.2. The van der Waals surface area contributed by atoms with Gasteiger partial charge in [-0.1, -0.05) is 42.0 Å². The van der Waals surface area contributed by atoms with E-state index in [4.69, 9.17) is 4.98 Å². The summed E-state index contributed by atoms with van der Waals surface area (Å²) < 4.78 is 5.07. The summed E-state index contributed by atoms with van der Waals surface area (Å²) >= 11 is 1.32. The molecule has 1 aliphatic rings. The summed E-state index contributed by atoms with van der Waals surface area (Å²) in [5.41, 5.74) is 8.78. The Kier molecular flexibility index (Phi) is 7.76. The fourth-order valence-corrected chi connectivity index (χ4v) is 5.48. The molecule has 1 aliphatic heterocycles. The second-order valence-electron chi connectivity index (χ2n) is 9.75. The number of nitrogens with one attached hydrogen (secondary N) is 3. The highest BCUT2D eigenvalue weighted by Crippen LogP contribution is 2.35. The Labute approximate surface area is 222 Å². The van der Waals surface area contributed by atoms with Crippen LogP contribution in [-0.4, -0.2) is 40.0 Å². The van der Waals surface area contributed by atoms with Gasteiger partial charge in [0, 0.05) is 29.1 Å². The summed E-state index contributed by atoms with van der Waals surface area (Å²) in [6, 6.07) is 16.6. The van der Waals surface area contributed by atoms with Gasteiger partial charge >= 0.3 is 6.03 Å². The molecule has 0 aliphatic carbocycles. The molecule has 0 unspecified atom stereocenters. The topological polar surface area (TPSA) is 83.4 Å². The number of aromatic nitrogens is 3. The van der Waals surface area contributed by atoms with E-state index in [1.54, 1.807) is 0 Å². The molecule has 0 spiro atoms. The predicted octanol–water partition coefficient (Wildman–Crippen LogP) is 5.34. The smallest absolute Gasteiger partial charge is 0.325 e. The van der Waals surface area contributed by atoms with Crippen molar-refractivity contribution in [3.05, 3.63) is 82.9 Å². The van der Waals surface area contributed by atoms with Crippen LogP contribution in [0.1, 0.15) is 47.0 Å². The van der Waals surface area contributed by atoms with Crippen LogP contribution in [0, 0.1) is 20.8 Å². The van der Waals surface area contributed by atoms with Crippen molar-refractivity contribution in [3.8, 4) is 11.3 Å². The lowest BCUT2D eigenvalue weighted by Crippen LogP contribution is -2.32. The number of imidazole rings is 1. The Hall–Kier alpha value is -3.36. The van der Waals surface area contributed by atoms with Crippen LogP contribution in [0.2, 0.25) is 0 Å². The number of benzene rings is 2. The Balaban J connectivity index is 1.26. The molecule has 2 aromatic carbocycles. The number of carbonyl (C=O) groups is 1. The van der Waals surface area contributed by atoms with E-state index in [0.717, 1.165) is 59.8 Å². The number of hydrogen-bond donors (Lipinski definition) is 3. The molecule has 7 nitrogen and oxygen atoms in total. The van der Waals surface area contributed by atoms with Gasteiger partial charge in [0.25, 0.3) is 0 Å². The molecular formula is C29H34N6OS. The quantitative estimate of drug-likeness (QED) is 0.290. The third-order valence-electron chi connectivity index (χ3n) is 6.86. The summed E-state index contributed by atoms with van der Waals surface area (Å²) in [6.45, 7) is 8.74. The molecule has 0 bridgehead atoms. The van der Waals surface area contributed by atoms with Gasteiger partial charge in [-0.3, -0.25) is 14.1 Å². The average molecular weight is 515 g/mol. The molecule has 37 heavy (non-hydrogen) atoms. The van der Waals surface area contributed by atoms with Gasteiger partial charge < -0.3 is 10.6 Å².